The van der Waals surface area contributed by atoms with Gasteiger partial charge >= 0.3 is 0 Å². The molecule has 4 atom stereocenters. The Hall–Kier alpha value is 0. The van der Waals surface area contributed by atoms with E-state index in [1.807, 2.05) is 0 Å². The van der Waals surface area contributed by atoms with Crippen LogP contribution < -0.4 is 0 Å². The minimum Gasteiger partial charge on any atom is -0.0651 e. The van der Waals surface area contributed by atoms with Gasteiger partial charge in [-0.25, -0.2) is 0 Å². The van der Waals surface area contributed by atoms with Gasteiger partial charge in [-0.3, -0.25) is 0 Å². The highest BCUT2D eigenvalue weighted by molar-refractivity contribution is 5.02. The van der Waals surface area contributed by atoms with Crippen LogP contribution in [0.2, 0.25) is 0 Å². The van der Waals surface area contributed by atoms with E-state index in [1.165, 1.54) is 32.1 Å². The number of rotatable bonds is 3. The molecule has 0 aromatic carbocycles. The van der Waals surface area contributed by atoms with Crippen molar-refractivity contribution in [3.8, 4) is 0 Å². The smallest absolute Gasteiger partial charge is 0.0320 e. The van der Waals surface area contributed by atoms with Crippen molar-refractivity contribution in [1.82, 2.24) is 0 Å². The standard InChI is InChI=1S/C14H26/c1-5-10(2)8-11-6-7-13-12(11)9-14(13,3)4/h10-13H,5-9H2,1-4H3. The van der Waals surface area contributed by atoms with Crippen LogP contribution in [0.5, 0.6) is 0 Å². The third kappa shape index (κ3) is 1.61. The van der Waals surface area contributed by atoms with E-state index in [4.69, 9.17) is 0 Å². The summed E-state index contributed by atoms with van der Waals surface area (Å²) in [6.07, 6.45) is 7.45. The fraction of sp³-hybridized carbons (Fsp3) is 1.00. The molecular weight excluding hydrogens is 168 g/mol. The molecule has 0 N–H and O–H groups in total. The molecular formula is C14H26. The van der Waals surface area contributed by atoms with Crippen LogP contribution in [0.15, 0.2) is 0 Å². The Morgan fingerprint density at radius 2 is 2.00 bits per heavy atom. The summed E-state index contributed by atoms with van der Waals surface area (Å²) in [7, 11) is 0. The van der Waals surface area contributed by atoms with E-state index in [0.717, 1.165) is 23.7 Å². The predicted octanol–water partition coefficient (Wildman–Crippen LogP) is 4.49. The molecule has 0 radical (unpaired) electrons. The van der Waals surface area contributed by atoms with E-state index < -0.39 is 0 Å². The van der Waals surface area contributed by atoms with Crippen LogP contribution in [0.4, 0.5) is 0 Å². The largest absolute Gasteiger partial charge is 0.0651 e. The van der Waals surface area contributed by atoms with Gasteiger partial charge in [-0.05, 0) is 54.8 Å². The lowest BCUT2D eigenvalue weighted by Gasteiger charge is -2.50. The van der Waals surface area contributed by atoms with Crippen molar-refractivity contribution < 1.29 is 0 Å². The van der Waals surface area contributed by atoms with E-state index >= 15 is 0 Å². The SMILES string of the molecule is CCC(C)CC1CCC2C1CC2(C)C. The predicted molar refractivity (Wildman–Crippen MR) is 62.2 cm³/mol. The van der Waals surface area contributed by atoms with Gasteiger partial charge in [-0.15, -0.1) is 0 Å². The normalized spacial score (nSPS) is 41.6. The van der Waals surface area contributed by atoms with Gasteiger partial charge in [-0.2, -0.15) is 0 Å². The first-order valence-electron chi connectivity index (χ1n) is 6.54. The Morgan fingerprint density at radius 1 is 1.29 bits per heavy atom. The van der Waals surface area contributed by atoms with Crippen LogP contribution in [0.1, 0.15) is 59.8 Å². The molecule has 0 amide bonds. The van der Waals surface area contributed by atoms with Gasteiger partial charge in [0.05, 0.1) is 0 Å². The highest BCUT2D eigenvalue weighted by atomic mass is 14.6. The molecule has 0 bridgehead atoms. The van der Waals surface area contributed by atoms with E-state index in [9.17, 15) is 0 Å². The molecule has 0 aromatic rings. The fourth-order valence-electron chi connectivity index (χ4n) is 4.00. The second-order valence-electron chi connectivity index (χ2n) is 6.55. The van der Waals surface area contributed by atoms with Gasteiger partial charge < -0.3 is 0 Å². The van der Waals surface area contributed by atoms with Crippen molar-refractivity contribution in [2.24, 2.45) is 29.1 Å². The summed E-state index contributed by atoms with van der Waals surface area (Å²) in [4.78, 5) is 0. The van der Waals surface area contributed by atoms with Crippen LogP contribution in [0, 0.1) is 29.1 Å². The topological polar surface area (TPSA) is 0 Å². The minimum atomic E-state index is 0.689. The third-order valence-corrected chi connectivity index (χ3v) is 5.14. The first-order chi connectivity index (χ1) is 6.54. The van der Waals surface area contributed by atoms with Gasteiger partial charge in [0, 0.05) is 0 Å². The fourth-order valence-corrected chi connectivity index (χ4v) is 4.00. The maximum absolute atomic E-state index is 2.47. The van der Waals surface area contributed by atoms with Crippen molar-refractivity contribution >= 4 is 0 Å². The summed E-state index contributed by atoms with van der Waals surface area (Å²) in [5, 5.41) is 0. The number of fused-ring (bicyclic) bond motifs is 1. The van der Waals surface area contributed by atoms with E-state index in [-0.39, 0.29) is 0 Å². The highest BCUT2D eigenvalue weighted by Gasteiger charge is 2.53. The molecule has 2 rings (SSSR count). The summed E-state index contributed by atoms with van der Waals surface area (Å²) in [5.74, 6) is 4.24. The van der Waals surface area contributed by atoms with Gasteiger partial charge in [0.15, 0.2) is 0 Å². The summed E-state index contributed by atoms with van der Waals surface area (Å²) in [5.41, 5.74) is 0.689. The molecule has 0 saturated heterocycles. The van der Waals surface area contributed by atoms with Crippen LogP contribution >= 0.6 is 0 Å². The Kier molecular flexibility index (Phi) is 2.66. The van der Waals surface area contributed by atoms with Crippen molar-refractivity contribution in [3.05, 3.63) is 0 Å². The Labute approximate surface area is 89.5 Å². The quantitative estimate of drug-likeness (QED) is 0.621. The average molecular weight is 194 g/mol. The molecule has 2 aliphatic rings. The van der Waals surface area contributed by atoms with Crippen molar-refractivity contribution in [2.75, 3.05) is 0 Å². The van der Waals surface area contributed by atoms with Gasteiger partial charge in [0.1, 0.15) is 0 Å². The lowest BCUT2D eigenvalue weighted by Crippen LogP contribution is -2.42. The molecule has 0 spiro atoms. The molecule has 0 nitrogen and oxygen atoms in total. The summed E-state index contributed by atoms with van der Waals surface area (Å²) in [6.45, 7) is 9.71. The minimum absolute atomic E-state index is 0.689. The van der Waals surface area contributed by atoms with Crippen molar-refractivity contribution in [2.45, 2.75) is 59.8 Å². The van der Waals surface area contributed by atoms with Gasteiger partial charge in [-0.1, -0.05) is 34.1 Å². The second kappa shape index (κ2) is 3.54. The zero-order valence-corrected chi connectivity index (χ0v) is 10.3. The first-order valence-corrected chi connectivity index (χ1v) is 6.54. The highest BCUT2D eigenvalue weighted by Crippen LogP contribution is 2.61. The van der Waals surface area contributed by atoms with Crippen LogP contribution in [0.25, 0.3) is 0 Å². The van der Waals surface area contributed by atoms with Gasteiger partial charge in [0.25, 0.3) is 0 Å². The summed E-state index contributed by atoms with van der Waals surface area (Å²) >= 11 is 0. The molecule has 14 heavy (non-hydrogen) atoms. The maximum Gasteiger partial charge on any atom is -0.0320 e. The van der Waals surface area contributed by atoms with Crippen molar-refractivity contribution in [1.29, 1.82) is 0 Å². The molecule has 0 heterocycles. The zero-order chi connectivity index (χ0) is 10.3. The Bertz CT molecular complexity index is 204. The van der Waals surface area contributed by atoms with Crippen LogP contribution in [0.3, 0.4) is 0 Å². The van der Waals surface area contributed by atoms with E-state index in [0.29, 0.717) is 5.41 Å². The molecule has 4 unspecified atom stereocenters. The third-order valence-electron chi connectivity index (χ3n) is 5.14. The lowest BCUT2D eigenvalue weighted by molar-refractivity contribution is -0.0103. The first kappa shape index (κ1) is 10.5. The Balaban J connectivity index is 1.88. The van der Waals surface area contributed by atoms with E-state index in [1.54, 1.807) is 0 Å². The zero-order valence-electron chi connectivity index (χ0n) is 10.3. The summed E-state index contributed by atoms with van der Waals surface area (Å²) in [6, 6.07) is 0. The molecule has 0 heteroatoms. The maximum atomic E-state index is 2.47. The Morgan fingerprint density at radius 3 is 2.50 bits per heavy atom. The van der Waals surface area contributed by atoms with Crippen molar-refractivity contribution in [3.63, 3.8) is 0 Å². The molecule has 0 aliphatic heterocycles. The van der Waals surface area contributed by atoms with Crippen LogP contribution in [-0.2, 0) is 0 Å². The average Bonchev–Trinajstić information content (AvgIpc) is 2.44. The van der Waals surface area contributed by atoms with E-state index in [2.05, 4.69) is 27.7 Å². The molecule has 82 valence electrons. The number of hydrogen-bond donors (Lipinski definition) is 0. The number of hydrogen-bond acceptors (Lipinski definition) is 0. The molecule has 2 fully saturated rings. The molecule has 2 saturated carbocycles. The molecule has 0 aromatic heterocycles. The van der Waals surface area contributed by atoms with Gasteiger partial charge in [0.2, 0.25) is 0 Å². The molecule has 2 aliphatic carbocycles. The summed E-state index contributed by atoms with van der Waals surface area (Å²) < 4.78 is 0. The van der Waals surface area contributed by atoms with Crippen LogP contribution in [-0.4, -0.2) is 0 Å². The lowest BCUT2D eigenvalue weighted by atomic mass is 9.55. The second-order valence-corrected chi connectivity index (χ2v) is 6.55. The monoisotopic (exact) mass is 194 g/mol.